The van der Waals surface area contributed by atoms with Crippen LogP contribution in [0, 0.1) is 0 Å². The maximum Gasteiger partial charge on any atom is 0.119 e. The molecule has 0 spiro atoms. The highest BCUT2D eigenvalue weighted by molar-refractivity contribution is 14.1. The van der Waals surface area contributed by atoms with E-state index >= 15 is 0 Å². The summed E-state index contributed by atoms with van der Waals surface area (Å²) in [5.41, 5.74) is 1.22. The second-order valence-corrected chi connectivity index (χ2v) is 11.1. The molecule has 0 aromatic heterocycles. The number of nitrogens with zero attached hydrogens (tertiary/aromatic N) is 3. The topological polar surface area (TPSA) is 19.0 Å². The Labute approximate surface area is 201 Å². The van der Waals surface area contributed by atoms with Gasteiger partial charge in [-0.25, -0.2) is 0 Å². The molecule has 30 heavy (non-hydrogen) atoms. The molecular weight excluding hydrogens is 505 g/mol. The lowest BCUT2D eigenvalue weighted by atomic mass is 10.1. The van der Waals surface area contributed by atoms with E-state index in [9.17, 15) is 0 Å². The Morgan fingerprint density at radius 3 is 2.53 bits per heavy atom. The summed E-state index contributed by atoms with van der Waals surface area (Å²) in [6.45, 7) is 9.15. The third-order valence-corrected chi connectivity index (χ3v) is 8.93. The van der Waals surface area contributed by atoms with Crippen LogP contribution in [-0.2, 0) is 0 Å². The lowest BCUT2D eigenvalue weighted by Gasteiger charge is -2.33. The van der Waals surface area contributed by atoms with Crippen LogP contribution in [0.25, 0.3) is 0 Å². The van der Waals surface area contributed by atoms with Crippen LogP contribution in [0.3, 0.4) is 0 Å². The number of thiocarbonyl (C=S) groups is 1. The minimum absolute atomic E-state index is 0.455. The molecule has 3 aliphatic rings. The number of hydrogen-bond donors (Lipinski definition) is 0. The third kappa shape index (κ3) is 5.67. The van der Waals surface area contributed by atoms with Crippen molar-refractivity contribution in [2.75, 3.05) is 44.2 Å². The van der Waals surface area contributed by atoms with E-state index < -0.39 is 0 Å². The quantitative estimate of drug-likeness (QED) is 0.196. The molecule has 6 heteroatoms. The Hall–Kier alpha value is -0.440. The van der Waals surface area contributed by atoms with E-state index in [1.165, 1.54) is 57.4 Å². The molecule has 3 saturated heterocycles. The Morgan fingerprint density at radius 1 is 1.07 bits per heavy atom. The van der Waals surface area contributed by atoms with Crippen molar-refractivity contribution in [2.24, 2.45) is 0 Å². The summed E-state index contributed by atoms with van der Waals surface area (Å²) < 4.78 is 6.48. The minimum Gasteiger partial charge on any atom is -0.494 e. The van der Waals surface area contributed by atoms with Crippen LogP contribution in [0.2, 0.25) is 0 Å². The average molecular weight is 542 g/mol. The number of benzene rings is 1. The van der Waals surface area contributed by atoms with E-state index in [2.05, 4.69) is 68.5 Å². The van der Waals surface area contributed by atoms with Crippen LogP contribution in [0.4, 0.5) is 5.69 Å². The fourth-order valence-corrected chi connectivity index (χ4v) is 6.43. The first-order chi connectivity index (χ1) is 14.6. The summed E-state index contributed by atoms with van der Waals surface area (Å²) in [7, 11) is 0. The first-order valence-corrected chi connectivity index (χ1v) is 13.4. The fourth-order valence-electron chi connectivity index (χ4n) is 5.20. The van der Waals surface area contributed by atoms with Crippen molar-refractivity contribution in [2.45, 2.75) is 67.9 Å². The van der Waals surface area contributed by atoms with Crippen LogP contribution < -0.4 is 9.64 Å². The van der Waals surface area contributed by atoms with Gasteiger partial charge in [0.05, 0.1) is 15.5 Å². The van der Waals surface area contributed by atoms with Crippen molar-refractivity contribution in [3.05, 3.63) is 24.3 Å². The highest BCUT2D eigenvalue weighted by Crippen LogP contribution is 2.33. The Kier molecular flexibility index (Phi) is 8.28. The van der Waals surface area contributed by atoms with Crippen molar-refractivity contribution in [1.82, 2.24) is 9.80 Å². The third-order valence-electron chi connectivity index (χ3n) is 6.93. The van der Waals surface area contributed by atoms with Crippen molar-refractivity contribution in [3.8, 4) is 5.75 Å². The number of likely N-dealkylation sites (tertiary alicyclic amines) is 2. The predicted octanol–water partition coefficient (Wildman–Crippen LogP) is 5.14. The van der Waals surface area contributed by atoms with Crippen molar-refractivity contribution in [1.29, 1.82) is 0 Å². The molecule has 3 aliphatic heterocycles. The van der Waals surface area contributed by atoms with Gasteiger partial charge in [0.15, 0.2) is 0 Å². The summed E-state index contributed by atoms with van der Waals surface area (Å²) in [4.78, 5) is 8.73. The molecule has 1 aromatic carbocycles. The van der Waals surface area contributed by atoms with Crippen LogP contribution in [0.15, 0.2) is 24.3 Å². The lowest BCUT2D eigenvalue weighted by molar-refractivity contribution is 0.217. The van der Waals surface area contributed by atoms with Gasteiger partial charge in [0.2, 0.25) is 0 Å². The Morgan fingerprint density at radius 2 is 1.83 bits per heavy atom. The molecule has 0 saturated carbocycles. The molecule has 3 atom stereocenters. The molecular formula is C24H36IN3OS. The van der Waals surface area contributed by atoms with Gasteiger partial charge in [-0.15, -0.1) is 0 Å². The van der Waals surface area contributed by atoms with E-state index in [1.54, 1.807) is 0 Å². The normalized spacial score (nSPS) is 28.4. The molecule has 0 bridgehead atoms. The van der Waals surface area contributed by atoms with E-state index in [-0.39, 0.29) is 0 Å². The molecule has 0 radical (unpaired) electrons. The molecule has 0 amide bonds. The zero-order valence-electron chi connectivity index (χ0n) is 18.3. The average Bonchev–Trinajstić information content (AvgIpc) is 3.29. The molecule has 3 heterocycles. The molecule has 4 nitrogen and oxygen atoms in total. The smallest absolute Gasteiger partial charge is 0.119 e. The SMILES string of the molecule is CC1CCCN1CCCOc1ccc(N2C(=S)C(I)C[C@H]2CN2CCCCC2)cc1. The number of hydrogen-bond acceptors (Lipinski definition) is 4. The number of piperidine rings is 1. The summed E-state index contributed by atoms with van der Waals surface area (Å²) >= 11 is 8.36. The first-order valence-electron chi connectivity index (χ1n) is 11.8. The fraction of sp³-hybridized carbons (Fsp3) is 0.708. The van der Waals surface area contributed by atoms with Crippen molar-refractivity contribution in [3.63, 3.8) is 0 Å². The van der Waals surface area contributed by atoms with E-state index in [0.717, 1.165) is 49.3 Å². The number of anilines is 1. The second-order valence-electron chi connectivity index (χ2n) is 9.15. The molecule has 2 unspecified atom stereocenters. The van der Waals surface area contributed by atoms with Gasteiger partial charge < -0.3 is 19.4 Å². The van der Waals surface area contributed by atoms with E-state index in [1.807, 2.05) is 0 Å². The highest BCUT2D eigenvalue weighted by atomic mass is 127. The van der Waals surface area contributed by atoms with Crippen LogP contribution >= 0.6 is 34.8 Å². The van der Waals surface area contributed by atoms with Gasteiger partial charge in [-0.1, -0.05) is 41.2 Å². The lowest BCUT2D eigenvalue weighted by Crippen LogP contribution is -2.43. The van der Waals surface area contributed by atoms with Crippen molar-refractivity contribution < 1.29 is 4.74 Å². The minimum atomic E-state index is 0.455. The van der Waals surface area contributed by atoms with Crippen LogP contribution in [0.1, 0.15) is 51.9 Å². The van der Waals surface area contributed by atoms with Gasteiger partial charge in [-0.05, 0) is 89.3 Å². The standard InChI is InChI=1S/C24H36IN3OS/c1-19-7-5-14-27(19)15-6-16-29-22-10-8-20(9-11-22)28-21(17-23(25)24(28)30)18-26-12-3-2-4-13-26/h8-11,19,21,23H,2-7,12-18H2,1H3/t19?,21-,23?/m0/s1. The Balaban J connectivity index is 1.30. The molecule has 0 aliphatic carbocycles. The summed E-state index contributed by atoms with van der Waals surface area (Å²) in [6, 6.07) is 9.87. The number of alkyl halides is 1. The number of halogens is 1. The summed E-state index contributed by atoms with van der Waals surface area (Å²) in [5.74, 6) is 0.969. The first kappa shape index (κ1) is 22.7. The number of ether oxygens (including phenoxy) is 1. The van der Waals surface area contributed by atoms with E-state index in [4.69, 9.17) is 17.0 Å². The zero-order chi connectivity index (χ0) is 20.9. The largest absolute Gasteiger partial charge is 0.494 e. The Bertz CT molecular complexity index is 694. The van der Waals surface area contributed by atoms with Gasteiger partial charge in [-0.2, -0.15) is 0 Å². The van der Waals surface area contributed by atoms with E-state index in [0.29, 0.717) is 9.97 Å². The summed E-state index contributed by atoms with van der Waals surface area (Å²) in [6.07, 6.45) is 9.01. The van der Waals surface area contributed by atoms with Crippen molar-refractivity contribution >= 4 is 45.5 Å². The molecule has 166 valence electrons. The van der Waals surface area contributed by atoms with Gasteiger partial charge in [0, 0.05) is 30.9 Å². The monoisotopic (exact) mass is 541 g/mol. The molecule has 3 fully saturated rings. The summed E-state index contributed by atoms with van der Waals surface area (Å²) in [5, 5.41) is 0. The number of rotatable bonds is 8. The predicted molar refractivity (Wildman–Crippen MR) is 138 cm³/mol. The molecule has 1 aromatic rings. The van der Waals surface area contributed by atoms with Gasteiger partial charge in [0.1, 0.15) is 5.75 Å². The van der Waals surface area contributed by atoms with Gasteiger partial charge >= 0.3 is 0 Å². The highest BCUT2D eigenvalue weighted by Gasteiger charge is 2.36. The molecule has 0 N–H and O–H groups in total. The maximum atomic E-state index is 6.03. The maximum absolute atomic E-state index is 6.03. The van der Waals surface area contributed by atoms with Gasteiger partial charge in [-0.3, -0.25) is 0 Å². The molecule has 4 rings (SSSR count). The van der Waals surface area contributed by atoms with Gasteiger partial charge in [0.25, 0.3) is 0 Å². The van der Waals surface area contributed by atoms with Crippen LogP contribution in [-0.4, -0.2) is 70.1 Å². The van der Waals surface area contributed by atoms with Crippen LogP contribution in [0.5, 0.6) is 5.75 Å². The second kappa shape index (κ2) is 10.9. The zero-order valence-corrected chi connectivity index (χ0v) is 21.2.